The fraction of sp³-hybridized carbons (Fsp3) is 0.432. The molecule has 3 aliphatic rings. The lowest BCUT2D eigenvalue weighted by molar-refractivity contribution is 0.122. The van der Waals surface area contributed by atoms with Gasteiger partial charge in [-0.2, -0.15) is 4.98 Å². The van der Waals surface area contributed by atoms with Crippen molar-refractivity contribution in [3.63, 3.8) is 0 Å². The number of hydrogen-bond donors (Lipinski definition) is 2. The van der Waals surface area contributed by atoms with E-state index in [-0.39, 0.29) is 17.6 Å². The number of anilines is 3. The molecule has 0 saturated carbocycles. The van der Waals surface area contributed by atoms with Crippen LogP contribution in [0, 0.1) is 17.8 Å². The summed E-state index contributed by atoms with van der Waals surface area (Å²) in [5, 5.41) is 7.43. The van der Waals surface area contributed by atoms with E-state index in [2.05, 4.69) is 56.3 Å². The van der Waals surface area contributed by atoms with Crippen LogP contribution in [0.25, 0.3) is 11.0 Å². The van der Waals surface area contributed by atoms with E-state index in [0.717, 1.165) is 93.1 Å². The number of piperidine rings is 1. The molecule has 0 aliphatic carbocycles. The fourth-order valence-corrected chi connectivity index (χ4v) is 6.62. The van der Waals surface area contributed by atoms with Gasteiger partial charge in [0.15, 0.2) is 0 Å². The lowest BCUT2D eigenvalue weighted by Crippen LogP contribution is -2.37. The molecule has 0 bridgehead atoms. The van der Waals surface area contributed by atoms with Crippen LogP contribution in [0.3, 0.4) is 0 Å². The zero-order valence-corrected chi connectivity index (χ0v) is 27.1. The Morgan fingerprint density at radius 1 is 1.04 bits per heavy atom. The largest absolute Gasteiger partial charge is 0.489 e. The first-order chi connectivity index (χ1) is 23.1. The predicted molar refractivity (Wildman–Crippen MR) is 186 cm³/mol. The predicted octanol–water partition coefficient (Wildman–Crippen LogP) is 4.24. The Morgan fingerprint density at radius 2 is 1.85 bits per heavy atom. The van der Waals surface area contributed by atoms with Crippen molar-refractivity contribution in [2.24, 2.45) is 5.92 Å². The maximum absolute atomic E-state index is 14.2. The van der Waals surface area contributed by atoms with Crippen LogP contribution in [-0.4, -0.2) is 84.6 Å². The van der Waals surface area contributed by atoms with E-state index in [4.69, 9.17) is 14.5 Å². The Bertz CT molecular complexity index is 1790. The van der Waals surface area contributed by atoms with Crippen LogP contribution in [0.2, 0.25) is 0 Å². The van der Waals surface area contributed by atoms with Crippen molar-refractivity contribution in [2.75, 3.05) is 69.2 Å². The lowest BCUT2D eigenvalue weighted by atomic mass is 9.97. The second kappa shape index (κ2) is 14.6. The van der Waals surface area contributed by atoms with E-state index in [9.17, 15) is 4.79 Å². The zero-order valence-electron chi connectivity index (χ0n) is 27.1. The Morgan fingerprint density at radius 3 is 2.62 bits per heavy atom. The highest BCUT2D eigenvalue weighted by Crippen LogP contribution is 2.25. The van der Waals surface area contributed by atoms with Crippen molar-refractivity contribution in [3.8, 4) is 17.6 Å². The van der Waals surface area contributed by atoms with Gasteiger partial charge in [0.25, 0.3) is 5.56 Å². The minimum Gasteiger partial charge on any atom is -0.489 e. The third-order valence-corrected chi connectivity index (χ3v) is 9.37. The van der Waals surface area contributed by atoms with Crippen molar-refractivity contribution in [3.05, 3.63) is 82.3 Å². The highest BCUT2D eigenvalue weighted by atomic mass is 16.5. The number of para-hydroxylation sites is 1. The van der Waals surface area contributed by atoms with Gasteiger partial charge in [-0.25, -0.2) is 4.98 Å². The summed E-state index contributed by atoms with van der Waals surface area (Å²) in [7, 11) is 0. The van der Waals surface area contributed by atoms with Gasteiger partial charge in [0.1, 0.15) is 17.5 Å². The number of hydrogen-bond acceptors (Lipinski definition) is 9. The molecule has 10 heteroatoms. The number of nitrogens with zero attached hydrogens (tertiary/aromatic N) is 5. The molecular formula is C37H43N7O3. The first-order valence-corrected chi connectivity index (χ1v) is 16.9. The number of aromatic nitrogens is 3. The van der Waals surface area contributed by atoms with Gasteiger partial charge in [0.2, 0.25) is 5.95 Å². The van der Waals surface area contributed by atoms with Gasteiger partial charge in [-0.3, -0.25) is 9.36 Å². The number of pyridine rings is 1. The third-order valence-electron chi connectivity index (χ3n) is 9.37. The zero-order chi connectivity index (χ0) is 32.0. The molecule has 2 aromatic heterocycles. The fourth-order valence-electron chi connectivity index (χ4n) is 6.62. The molecule has 10 nitrogen and oxygen atoms in total. The van der Waals surface area contributed by atoms with Crippen molar-refractivity contribution >= 4 is 28.4 Å². The molecule has 3 fully saturated rings. The summed E-state index contributed by atoms with van der Waals surface area (Å²) in [6.45, 7) is 10.6. The molecule has 2 aromatic carbocycles. The first-order valence-electron chi connectivity index (χ1n) is 16.9. The monoisotopic (exact) mass is 633 g/mol. The van der Waals surface area contributed by atoms with E-state index in [1.54, 1.807) is 10.8 Å². The molecule has 244 valence electrons. The summed E-state index contributed by atoms with van der Waals surface area (Å²) in [4.78, 5) is 28.5. The maximum atomic E-state index is 14.2. The second-order valence-corrected chi connectivity index (χ2v) is 12.5. The maximum Gasteiger partial charge on any atom is 0.268 e. The average molecular weight is 634 g/mol. The number of ether oxygens (including phenoxy) is 2. The van der Waals surface area contributed by atoms with Gasteiger partial charge in [-0.05, 0) is 87.4 Å². The van der Waals surface area contributed by atoms with Gasteiger partial charge >= 0.3 is 0 Å². The van der Waals surface area contributed by atoms with Crippen LogP contribution in [0.1, 0.15) is 37.3 Å². The Hall–Kier alpha value is -4.43. The molecule has 1 atom stereocenters. The van der Waals surface area contributed by atoms with Gasteiger partial charge in [-0.15, -0.1) is 0 Å². The minimum atomic E-state index is -0.139. The lowest BCUT2D eigenvalue weighted by Gasteiger charge is -2.30. The van der Waals surface area contributed by atoms with Crippen molar-refractivity contribution in [1.82, 2.24) is 24.8 Å². The van der Waals surface area contributed by atoms with Crippen molar-refractivity contribution in [1.29, 1.82) is 0 Å². The highest BCUT2D eigenvalue weighted by molar-refractivity contribution is 5.78. The van der Waals surface area contributed by atoms with Gasteiger partial charge in [-0.1, -0.05) is 37.0 Å². The normalized spacial score (nSPS) is 19.0. The molecule has 3 aliphatic heterocycles. The van der Waals surface area contributed by atoms with Crippen LogP contribution in [0.4, 0.5) is 17.3 Å². The molecule has 2 N–H and O–H groups in total. The third kappa shape index (κ3) is 7.43. The smallest absolute Gasteiger partial charge is 0.268 e. The van der Waals surface area contributed by atoms with Crippen LogP contribution >= 0.6 is 0 Å². The molecule has 0 radical (unpaired) electrons. The molecular weight excluding hydrogens is 590 g/mol. The SMILES string of the molecule is CCN1CCC(C#Cc2cc3cnc(Nc4ccc(OC5CCNC5)cc4)nc3n(Cc3ccccc3N3CCOCC3)c2=O)CC1. The number of rotatable bonds is 8. The summed E-state index contributed by atoms with van der Waals surface area (Å²) in [5.74, 6) is 8.26. The second-order valence-electron chi connectivity index (χ2n) is 12.5. The number of morpholine rings is 1. The summed E-state index contributed by atoms with van der Waals surface area (Å²) < 4.78 is 13.4. The number of benzene rings is 2. The van der Waals surface area contributed by atoms with Crippen LogP contribution in [-0.2, 0) is 11.3 Å². The van der Waals surface area contributed by atoms with E-state index in [1.807, 2.05) is 42.5 Å². The van der Waals surface area contributed by atoms with Gasteiger partial charge < -0.3 is 29.9 Å². The molecule has 5 heterocycles. The molecule has 1 unspecified atom stereocenters. The minimum absolute atomic E-state index is 0.139. The number of likely N-dealkylation sites (tertiary alicyclic amines) is 1. The van der Waals surface area contributed by atoms with Crippen molar-refractivity contribution < 1.29 is 9.47 Å². The van der Waals surface area contributed by atoms with Crippen LogP contribution in [0.5, 0.6) is 5.75 Å². The molecule has 7 rings (SSSR count). The summed E-state index contributed by atoms with van der Waals surface area (Å²) >= 11 is 0. The quantitative estimate of drug-likeness (QED) is 0.276. The molecule has 47 heavy (non-hydrogen) atoms. The standard InChI is InChI=1S/C37H43N7O3/c1-2-42-17-14-27(15-18-42)7-8-28-23-30-24-39-37(40-31-9-11-32(12-10-31)47-33-13-16-38-25-33)41-35(30)44(36(28)45)26-29-5-3-4-6-34(29)43-19-21-46-22-20-43/h3-6,9-12,23-24,27,33,38H,2,13-22,25-26H2,1H3,(H,39,40,41). The van der Waals surface area contributed by atoms with E-state index in [1.165, 1.54) is 0 Å². The van der Waals surface area contributed by atoms with Crippen molar-refractivity contribution in [2.45, 2.75) is 38.8 Å². The van der Waals surface area contributed by atoms with E-state index < -0.39 is 0 Å². The molecule has 3 saturated heterocycles. The number of fused-ring (bicyclic) bond motifs is 1. The summed E-state index contributed by atoms with van der Waals surface area (Å²) in [6, 6.07) is 18.0. The number of nitrogens with one attached hydrogen (secondary N) is 2. The average Bonchev–Trinajstić information content (AvgIpc) is 3.64. The molecule has 0 amide bonds. The first kappa shape index (κ1) is 31.2. The Kier molecular flexibility index (Phi) is 9.65. The summed E-state index contributed by atoms with van der Waals surface area (Å²) in [5.41, 5.74) is 3.91. The highest BCUT2D eigenvalue weighted by Gasteiger charge is 2.20. The molecule has 4 aromatic rings. The van der Waals surface area contributed by atoms with Crippen LogP contribution in [0.15, 0.2) is 65.6 Å². The van der Waals surface area contributed by atoms with Gasteiger partial charge in [0, 0.05) is 48.5 Å². The molecule has 0 spiro atoms. The van der Waals surface area contributed by atoms with Crippen LogP contribution < -0.4 is 25.8 Å². The Balaban J connectivity index is 1.21. The van der Waals surface area contributed by atoms with Gasteiger partial charge in [0.05, 0.1) is 25.3 Å². The summed E-state index contributed by atoms with van der Waals surface area (Å²) in [6.07, 6.45) is 5.04. The Labute approximate surface area is 276 Å². The van der Waals surface area contributed by atoms with E-state index >= 15 is 0 Å². The van der Waals surface area contributed by atoms with E-state index in [0.29, 0.717) is 36.9 Å². The topological polar surface area (TPSA) is 96.8 Å².